The van der Waals surface area contributed by atoms with Crippen molar-refractivity contribution in [1.29, 1.82) is 0 Å². The van der Waals surface area contributed by atoms with E-state index in [0.29, 0.717) is 18.0 Å². The van der Waals surface area contributed by atoms with Gasteiger partial charge in [0.2, 0.25) is 0 Å². The van der Waals surface area contributed by atoms with Gasteiger partial charge in [0.05, 0.1) is 11.9 Å². The first-order valence-corrected chi connectivity index (χ1v) is 6.93. The second-order valence-electron chi connectivity index (χ2n) is 5.03. The van der Waals surface area contributed by atoms with Crippen LogP contribution in [0.25, 0.3) is 0 Å². The van der Waals surface area contributed by atoms with Gasteiger partial charge < -0.3 is 14.7 Å². The van der Waals surface area contributed by atoms with Gasteiger partial charge in [0.15, 0.2) is 6.61 Å². The van der Waals surface area contributed by atoms with Crippen molar-refractivity contribution in [2.45, 2.75) is 13.5 Å². The zero-order valence-corrected chi connectivity index (χ0v) is 12.9. The van der Waals surface area contributed by atoms with Gasteiger partial charge in [-0.05, 0) is 24.6 Å². The monoisotopic (exact) mass is 315 g/mol. The maximum absolute atomic E-state index is 12.2. The number of carbonyl (C=O) groups is 2. The average Bonchev–Trinajstić information content (AvgIpc) is 2.54. The smallest absolute Gasteiger partial charge is 0.341 e. The fraction of sp³-hybridized carbons (Fsp3) is 0.250. The molecule has 1 aromatic carbocycles. The van der Waals surface area contributed by atoms with E-state index in [9.17, 15) is 9.59 Å². The summed E-state index contributed by atoms with van der Waals surface area (Å²) < 4.78 is 5.06. The second kappa shape index (κ2) is 7.35. The Morgan fingerprint density at radius 1 is 1.17 bits per heavy atom. The molecule has 23 heavy (non-hydrogen) atoms. The van der Waals surface area contributed by atoms with Gasteiger partial charge >= 0.3 is 5.97 Å². The molecule has 1 amide bonds. The first kappa shape index (κ1) is 16.4. The van der Waals surface area contributed by atoms with Crippen LogP contribution in [-0.4, -0.2) is 45.5 Å². The zero-order valence-electron chi connectivity index (χ0n) is 12.9. The minimum atomic E-state index is -1.03. The van der Waals surface area contributed by atoms with Gasteiger partial charge in [0, 0.05) is 19.8 Å². The van der Waals surface area contributed by atoms with E-state index < -0.39 is 5.97 Å². The standard InChI is InChI=1S/C16H17N3O4/c1-11-7-18-14(8-17-11)16(22)19(2)9-12-3-5-13(6-4-12)23-10-15(20)21/h3-8H,9-10H2,1-2H3,(H,20,21). The summed E-state index contributed by atoms with van der Waals surface area (Å²) in [5.74, 6) is -0.781. The Morgan fingerprint density at radius 2 is 1.87 bits per heavy atom. The summed E-state index contributed by atoms with van der Waals surface area (Å²) >= 11 is 0. The third-order valence-corrected chi connectivity index (χ3v) is 3.05. The van der Waals surface area contributed by atoms with E-state index in [-0.39, 0.29) is 12.5 Å². The highest BCUT2D eigenvalue weighted by Crippen LogP contribution is 2.14. The summed E-state index contributed by atoms with van der Waals surface area (Å²) in [7, 11) is 1.68. The molecule has 1 aromatic heterocycles. The Bertz CT molecular complexity index is 683. The lowest BCUT2D eigenvalue weighted by Gasteiger charge is -2.17. The number of carboxylic acid groups (broad SMARTS) is 1. The van der Waals surface area contributed by atoms with Crippen molar-refractivity contribution in [3.05, 3.63) is 53.6 Å². The molecule has 0 fully saturated rings. The van der Waals surface area contributed by atoms with Crippen molar-refractivity contribution in [3.63, 3.8) is 0 Å². The normalized spacial score (nSPS) is 10.2. The molecule has 0 aliphatic carbocycles. The van der Waals surface area contributed by atoms with Gasteiger partial charge in [-0.25, -0.2) is 9.78 Å². The Hall–Kier alpha value is -2.96. The SMILES string of the molecule is Cc1cnc(C(=O)N(C)Cc2ccc(OCC(=O)O)cc2)cn1. The molecule has 7 nitrogen and oxygen atoms in total. The van der Waals surface area contributed by atoms with Crippen LogP contribution in [0.2, 0.25) is 0 Å². The number of hydrogen-bond acceptors (Lipinski definition) is 5. The number of amides is 1. The lowest BCUT2D eigenvalue weighted by atomic mass is 10.2. The molecule has 0 aliphatic heterocycles. The van der Waals surface area contributed by atoms with Gasteiger partial charge in [0.1, 0.15) is 11.4 Å². The maximum Gasteiger partial charge on any atom is 0.341 e. The summed E-state index contributed by atoms with van der Waals surface area (Å²) in [5, 5.41) is 8.55. The quantitative estimate of drug-likeness (QED) is 0.869. The van der Waals surface area contributed by atoms with Crippen molar-refractivity contribution in [1.82, 2.24) is 14.9 Å². The van der Waals surface area contributed by atoms with Gasteiger partial charge in [-0.2, -0.15) is 0 Å². The maximum atomic E-state index is 12.2. The molecular formula is C16H17N3O4. The number of ether oxygens (including phenoxy) is 1. The minimum absolute atomic E-state index is 0.219. The molecule has 0 radical (unpaired) electrons. The molecule has 1 heterocycles. The van der Waals surface area contributed by atoms with E-state index in [1.54, 1.807) is 44.4 Å². The summed E-state index contributed by atoms with van der Waals surface area (Å²) in [6, 6.07) is 6.90. The van der Waals surface area contributed by atoms with Gasteiger partial charge in [-0.15, -0.1) is 0 Å². The van der Waals surface area contributed by atoms with Crippen LogP contribution in [0.15, 0.2) is 36.7 Å². The first-order valence-electron chi connectivity index (χ1n) is 6.93. The third kappa shape index (κ3) is 4.77. The number of aryl methyl sites for hydroxylation is 1. The van der Waals surface area contributed by atoms with Gasteiger partial charge in [-0.3, -0.25) is 9.78 Å². The van der Waals surface area contributed by atoms with E-state index >= 15 is 0 Å². The highest BCUT2D eigenvalue weighted by atomic mass is 16.5. The predicted molar refractivity (Wildman–Crippen MR) is 82.1 cm³/mol. The van der Waals surface area contributed by atoms with E-state index in [0.717, 1.165) is 11.3 Å². The molecule has 0 atom stereocenters. The highest BCUT2D eigenvalue weighted by molar-refractivity contribution is 5.91. The second-order valence-corrected chi connectivity index (χ2v) is 5.03. The van der Waals surface area contributed by atoms with Crippen molar-refractivity contribution < 1.29 is 19.4 Å². The van der Waals surface area contributed by atoms with Crippen molar-refractivity contribution in [2.75, 3.05) is 13.7 Å². The number of benzene rings is 1. The summed E-state index contributed by atoms with van der Waals surface area (Å²) in [6.07, 6.45) is 3.01. The molecule has 1 N–H and O–H groups in total. The topological polar surface area (TPSA) is 92.6 Å². The van der Waals surface area contributed by atoms with Crippen molar-refractivity contribution in [3.8, 4) is 5.75 Å². The van der Waals surface area contributed by atoms with Crippen LogP contribution in [0, 0.1) is 6.92 Å². The van der Waals surface area contributed by atoms with E-state index in [1.165, 1.54) is 11.1 Å². The van der Waals surface area contributed by atoms with Crippen LogP contribution in [0.4, 0.5) is 0 Å². The van der Waals surface area contributed by atoms with E-state index in [2.05, 4.69) is 9.97 Å². The van der Waals surface area contributed by atoms with E-state index in [1.807, 2.05) is 0 Å². The lowest BCUT2D eigenvalue weighted by molar-refractivity contribution is -0.139. The number of nitrogens with zero attached hydrogens (tertiary/aromatic N) is 3. The Morgan fingerprint density at radius 3 is 2.43 bits per heavy atom. The number of hydrogen-bond donors (Lipinski definition) is 1. The zero-order chi connectivity index (χ0) is 16.8. The Labute approximate surface area is 133 Å². The van der Waals surface area contributed by atoms with E-state index in [4.69, 9.17) is 9.84 Å². The number of aliphatic carboxylic acids is 1. The number of rotatable bonds is 6. The summed E-state index contributed by atoms with van der Waals surface area (Å²) in [5.41, 5.74) is 1.93. The third-order valence-electron chi connectivity index (χ3n) is 3.05. The fourth-order valence-electron chi connectivity index (χ4n) is 1.88. The fourth-order valence-corrected chi connectivity index (χ4v) is 1.88. The van der Waals surface area contributed by atoms with Crippen molar-refractivity contribution >= 4 is 11.9 Å². The average molecular weight is 315 g/mol. The molecule has 2 rings (SSSR count). The van der Waals surface area contributed by atoms with Crippen LogP contribution in [0.3, 0.4) is 0 Å². The molecule has 7 heteroatoms. The predicted octanol–water partition coefficient (Wildman–Crippen LogP) is 1.52. The number of aromatic nitrogens is 2. The molecule has 0 aliphatic rings. The van der Waals surface area contributed by atoms with Gasteiger partial charge in [-0.1, -0.05) is 12.1 Å². The summed E-state index contributed by atoms with van der Waals surface area (Å²) in [6.45, 7) is 1.82. The number of carboxylic acids is 1. The Balaban J connectivity index is 1.96. The molecule has 0 saturated carbocycles. The molecule has 120 valence electrons. The molecule has 0 bridgehead atoms. The largest absolute Gasteiger partial charge is 0.482 e. The van der Waals surface area contributed by atoms with Crippen LogP contribution in [-0.2, 0) is 11.3 Å². The van der Waals surface area contributed by atoms with Crippen LogP contribution in [0.1, 0.15) is 21.7 Å². The van der Waals surface area contributed by atoms with Crippen molar-refractivity contribution in [2.24, 2.45) is 0 Å². The minimum Gasteiger partial charge on any atom is -0.482 e. The molecule has 0 unspecified atom stereocenters. The Kier molecular flexibility index (Phi) is 5.24. The highest BCUT2D eigenvalue weighted by Gasteiger charge is 2.13. The van der Waals surface area contributed by atoms with Crippen LogP contribution >= 0.6 is 0 Å². The molecule has 0 saturated heterocycles. The van der Waals surface area contributed by atoms with Gasteiger partial charge in [0.25, 0.3) is 5.91 Å². The number of carbonyl (C=O) groups excluding carboxylic acids is 1. The first-order chi connectivity index (χ1) is 11.0. The molecule has 2 aromatic rings. The van der Waals surface area contributed by atoms with Crippen LogP contribution in [0.5, 0.6) is 5.75 Å². The molecular weight excluding hydrogens is 298 g/mol. The summed E-state index contributed by atoms with van der Waals surface area (Å²) in [4.78, 5) is 32.3. The molecule has 0 spiro atoms. The lowest BCUT2D eigenvalue weighted by Crippen LogP contribution is -2.27. The van der Waals surface area contributed by atoms with Crippen LogP contribution < -0.4 is 4.74 Å².